The SMILES string of the molecule is CCN(CC)[C@@H](C)CCC(=O)c1cc(-c2cnn3ccc(-c4ccccc4)nc23)nc(N2CC(OC)C2)c1. The molecule has 0 saturated carbocycles. The van der Waals surface area contributed by atoms with Gasteiger partial charge in [0.1, 0.15) is 5.82 Å². The van der Waals surface area contributed by atoms with Crippen molar-refractivity contribution in [3.8, 4) is 22.5 Å². The van der Waals surface area contributed by atoms with Crippen molar-refractivity contribution in [1.29, 1.82) is 0 Å². The van der Waals surface area contributed by atoms with Gasteiger partial charge in [0, 0.05) is 50.0 Å². The maximum absolute atomic E-state index is 13.4. The van der Waals surface area contributed by atoms with Crippen LogP contribution in [0.4, 0.5) is 5.82 Å². The van der Waals surface area contributed by atoms with Crippen molar-refractivity contribution in [2.45, 2.75) is 45.8 Å². The van der Waals surface area contributed by atoms with Gasteiger partial charge >= 0.3 is 0 Å². The van der Waals surface area contributed by atoms with Crippen LogP contribution in [0, 0.1) is 0 Å². The number of aromatic nitrogens is 4. The third-order valence-electron chi connectivity index (χ3n) is 7.58. The molecule has 4 aromatic rings. The number of methoxy groups -OCH3 is 1. The average Bonchev–Trinajstić information content (AvgIpc) is 3.35. The van der Waals surface area contributed by atoms with Crippen LogP contribution in [0.5, 0.6) is 0 Å². The molecule has 1 aliphatic heterocycles. The quantitative estimate of drug-likeness (QED) is 0.262. The fourth-order valence-electron chi connectivity index (χ4n) is 5.08. The molecule has 3 aromatic heterocycles. The Balaban J connectivity index is 1.49. The summed E-state index contributed by atoms with van der Waals surface area (Å²) in [6.07, 6.45) is 5.20. The third-order valence-corrected chi connectivity index (χ3v) is 7.58. The number of carbonyl (C=O) groups is 1. The van der Waals surface area contributed by atoms with Crippen molar-refractivity contribution in [2.75, 3.05) is 38.2 Å². The number of nitrogens with zero attached hydrogens (tertiary/aromatic N) is 6. The average molecular weight is 513 g/mol. The standard InChI is InChI=1S/C30H36N6O2/c1-5-34(6-2)21(3)12-13-28(37)23-16-27(32-29(17-23)35-19-24(20-35)38-4)25-18-31-36-15-14-26(33-30(25)36)22-10-8-7-9-11-22/h7-11,14-18,21,24H,5-6,12-13,19-20H2,1-4H3/t21-/m0/s1. The number of fused-ring (bicyclic) bond motifs is 1. The molecule has 38 heavy (non-hydrogen) atoms. The number of hydrogen-bond donors (Lipinski definition) is 0. The van der Waals surface area contributed by atoms with Gasteiger partial charge in [-0.05, 0) is 44.6 Å². The van der Waals surface area contributed by atoms with Gasteiger partial charge in [0.05, 0.1) is 29.3 Å². The Morgan fingerprint density at radius 3 is 2.55 bits per heavy atom. The molecule has 0 unspecified atom stereocenters. The highest BCUT2D eigenvalue weighted by Crippen LogP contribution is 2.30. The number of ketones is 1. The van der Waals surface area contributed by atoms with E-state index in [-0.39, 0.29) is 11.9 Å². The van der Waals surface area contributed by atoms with E-state index in [1.54, 1.807) is 17.8 Å². The molecule has 0 spiro atoms. The topological polar surface area (TPSA) is 75.9 Å². The highest BCUT2D eigenvalue weighted by Gasteiger charge is 2.29. The summed E-state index contributed by atoms with van der Waals surface area (Å²) in [7, 11) is 1.73. The van der Waals surface area contributed by atoms with Crippen molar-refractivity contribution in [1.82, 2.24) is 24.5 Å². The van der Waals surface area contributed by atoms with Crippen molar-refractivity contribution >= 4 is 17.2 Å². The summed E-state index contributed by atoms with van der Waals surface area (Å²) in [5.74, 6) is 0.918. The van der Waals surface area contributed by atoms with Crippen molar-refractivity contribution < 1.29 is 9.53 Å². The normalized spacial score (nSPS) is 14.7. The molecule has 0 radical (unpaired) electrons. The van der Waals surface area contributed by atoms with E-state index in [1.165, 1.54) is 0 Å². The predicted octanol–water partition coefficient (Wildman–Crippen LogP) is 4.99. The van der Waals surface area contributed by atoms with Crippen molar-refractivity contribution in [3.63, 3.8) is 0 Å². The summed E-state index contributed by atoms with van der Waals surface area (Å²) in [6.45, 7) is 10.0. The Labute approximate surface area is 224 Å². The fraction of sp³-hybridized carbons (Fsp3) is 0.400. The predicted molar refractivity (Wildman–Crippen MR) is 151 cm³/mol. The molecular weight excluding hydrogens is 476 g/mol. The van der Waals surface area contributed by atoms with Crippen molar-refractivity contribution in [3.05, 3.63) is 66.5 Å². The van der Waals surface area contributed by atoms with Crippen LogP contribution in [0.3, 0.4) is 0 Å². The number of carbonyl (C=O) groups excluding carboxylic acids is 1. The molecule has 1 fully saturated rings. The van der Waals surface area contributed by atoms with Crippen LogP contribution in [-0.4, -0.2) is 75.7 Å². The molecular formula is C30H36N6O2. The van der Waals surface area contributed by atoms with Gasteiger partial charge in [-0.1, -0.05) is 44.2 Å². The largest absolute Gasteiger partial charge is 0.378 e. The maximum Gasteiger partial charge on any atom is 0.164 e. The second kappa shape index (κ2) is 11.4. The number of rotatable bonds is 11. The van der Waals surface area contributed by atoms with Gasteiger partial charge < -0.3 is 14.5 Å². The monoisotopic (exact) mass is 512 g/mol. The summed E-state index contributed by atoms with van der Waals surface area (Å²) in [4.78, 5) is 27.9. The van der Waals surface area contributed by atoms with E-state index in [0.717, 1.165) is 55.2 Å². The Kier molecular flexibility index (Phi) is 7.81. The zero-order valence-electron chi connectivity index (χ0n) is 22.7. The van der Waals surface area contributed by atoms with E-state index in [4.69, 9.17) is 14.7 Å². The first kappa shape index (κ1) is 26.0. The molecule has 8 heteroatoms. The lowest BCUT2D eigenvalue weighted by Gasteiger charge is -2.39. The molecule has 0 aliphatic carbocycles. The van der Waals surface area contributed by atoms with Gasteiger partial charge in [0.15, 0.2) is 11.4 Å². The van der Waals surface area contributed by atoms with E-state index >= 15 is 0 Å². The van der Waals surface area contributed by atoms with Gasteiger partial charge in [-0.3, -0.25) is 4.79 Å². The molecule has 1 atom stereocenters. The second-order valence-corrected chi connectivity index (χ2v) is 9.90. The fourth-order valence-corrected chi connectivity index (χ4v) is 5.08. The first-order valence-electron chi connectivity index (χ1n) is 13.5. The number of hydrogen-bond acceptors (Lipinski definition) is 7. The molecule has 1 aliphatic rings. The highest BCUT2D eigenvalue weighted by atomic mass is 16.5. The second-order valence-electron chi connectivity index (χ2n) is 9.90. The number of pyridine rings is 1. The minimum Gasteiger partial charge on any atom is -0.378 e. The van der Waals surface area contributed by atoms with Gasteiger partial charge in [0.2, 0.25) is 0 Å². The van der Waals surface area contributed by atoms with E-state index in [2.05, 4.69) is 35.7 Å². The molecule has 0 bridgehead atoms. The van der Waals surface area contributed by atoms with E-state index in [1.807, 2.05) is 54.7 Å². The van der Waals surface area contributed by atoms with Crippen LogP contribution in [0.15, 0.2) is 60.9 Å². The van der Waals surface area contributed by atoms with Crippen LogP contribution < -0.4 is 4.90 Å². The zero-order valence-corrected chi connectivity index (χ0v) is 22.7. The first-order chi connectivity index (χ1) is 18.5. The Morgan fingerprint density at radius 2 is 1.84 bits per heavy atom. The Hall–Kier alpha value is -3.62. The summed E-state index contributed by atoms with van der Waals surface area (Å²) >= 11 is 0. The van der Waals surface area contributed by atoms with E-state index in [0.29, 0.717) is 29.4 Å². The lowest BCUT2D eigenvalue weighted by molar-refractivity contribution is 0.0783. The zero-order chi connectivity index (χ0) is 26.6. The van der Waals surface area contributed by atoms with Crippen LogP contribution >= 0.6 is 0 Å². The summed E-state index contributed by atoms with van der Waals surface area (Å²) < 4.78 is 7.23. The number of benzene rings is 1. The summed E-state index contributed by atoms with van der Waals surface area (Å²) in [5.41, 5.74) is 4.80. The molecule has 0 amide bonds. The van der Waals surface area contributed by atoms with Gasteiger partial charge in [-0.15, -0.1) is 0 Å². The van der Waals surface area contributed by atoms with Crippen LogP contribution in [-0.2, 0) is 4.74 Å². The van der Waals surface area contributed by atoms with Crippen LogP contribution in [0.25, 0.3) is 28.2 Å². The molecule has 4 heterocycles. The van der Waals surface area contributed by atoms with Gasteiger partial charge in [0.25, 0.3) is 0 Å². The smallest absolute Gasteiger partial charge is 0.164 e. The Bertz CT molecular complexity index is 1390. The maximum atomic E-state index is 13.4. The van der Waals surface area contributed by atoms with Gasteiger partial charge in [-0.25, -0.2) is 14.5 Å². The highest BCUT2D eigenvalue weighted by molar-refractivity contribution is 5.98. The number of Topliss-reactive ketones (excluding diaryl/α,β-unsaturated/α-hetero) is 1. The first-order valence-corrected chi connectivity index (χ1v) is 13.5. The molecule has 1 aromatic carbocycles. The Morgan fingerprint density at radius 1 is 1.08 bits per heavy atom. The van der Waals surface area contributed by atoms with E-state index < -0.39 is 0 Å². The lowest BCUT2D eigenvalue weighted by Crippen LogP contribution is -2.52. The summed E-state index contributed by atoms with van der Waals surface area (Å²) in [5, 5.41) is 4.53. The van der Waals surface area contributed by atoms with E-state index in [9.17, 15) is 4.79 Å². The summed E-state index contributed by atoms with van der Waals surface area (Å²) in [6, 6.07) is 16.2. The number of ether oxygens (including phenoxy) is 1. The molecule has 198 valence electrons. The number of anilines is 1. The molecule has 0 N–H and O–H groups in total. The van der Waals surface area contributed by atoms with Crippen LogP contribution in [0.1, 0.15) is 44.0 Å². The molecule has 5 rings (SSSR count). The lowest BCUT2D eigenvalue weighted by atomic mass is 10.0. The van der Waals surface area contributed by atoms with Gasteiger partial charge in [-0.2, -0.15) is 5.10 Å². The van der Waals surface area contributed by atoms with Crippen LogP contribution in [0.2, 0.25) is 0 Å². The minimum absolute atomic E-state index is 0.132. The third kappa shape index (κ3) is 5.33. The minimum atomic E-state index is 0.132. The molecule has 1 saturated heterocycles. The molecule has 8 nitrogen and oxygen atoms in total. The van der Waals surface area contributed by atoms with Crippen molar-refractivity contribution in [2.24, 2.45) is 0 Å².